The number of carbonyl (C=O) groups is 1. The number of amides is 1. The lowest BCUT2D eigenvalue weighted by molar-refractivity contribution is -0.116. The molecule has 0 aliphatic rings. The molecule has 0 aliphatic carbocycles. The fraction of sp³-hybridized carbons (Fsp3) is 0.300. The number of rotatable bonds is 1. The van der Waals surface area contributed by atoms with Gasteiger partial charge >= 0.3 is 0 Å². The molecule has 70 valence electrons. The van der Waals surface area contributed by atoms with E-state index in [1.165, 1.54) is 5.56 Å². The van der Waals surface area contributed by atoms with Gasteiger partial charge in [0.25, 0.3) is 0 Å². The molecule has 1 aromatic carbocycles. The number of anilines is 1. The first-order chi connectivity index (χ1) is 6.02. The maximum absolute atomic E-state index is 11.1. The average molecular weight is 195 g/mol. The molecule has 0 fully saturated rings. The molecule has 0 radical (unpaired) electrons. The molecular formula is C10H14NOP. The Labute approximate surface area is 81.1 Å². The molecule has 1 aromatic rings. The van der Waals surface area contributed by atoms with Gasteiger partial charge in [0.1, 0.15) is 0 Å². The molecule has 0 saturated carbocycles. The van der Waals surface area contributed by atoms with Crippen molar-refractivity contribution in [1.29, 1.82) is 0 Å². The van der Waals surface area contributed by atoms with E-state index in [0.717, 1.165) is 11.0 Å². The summed E-state index contributed by atoms with van der Waals surface area (Å²) >= 11 is 0. The zero-order chi connectivity index (χ0) is 10.0. The van der Waals surface area contributed by atoms with E-state index in [1.54, 1.807) is 18.9 Å². The molecule has 0 N–H and O–H groups in total. The van der Waals surface area contributed by atoms with Crippen molar-refractivity contribution in [1.82, 2.24) is 0 Å². The number of carbonyl (C=O) groups excluding carboxylic acids is 1. The first kappa shape index (κ1) is 10.2. The number of nitrogens with zero attached hydrogens (tertiary/aromatic N) is 1. The molecule has 1 atom stereocenters. The van der Waals surface area contributed by atoms with Gasteiger partial charge in [0, 0.05) is 19.7 Å². The summed E-state index contributed by atoms with van der Waals surface area (Å²) in [5, 5.41) is 1.13. The van der Waals surface area contributed by atoms with E-state index in [9.17, 15) is 4.79 Å². The number of benzene rings is 1. The minimum atomic E-state index is 0.0493. The Balaban J connectivity index is 3.03. The van der Waals surface area contributed by atoms with Crippen molar-refractivity contribution in [3.63, 3.8) is 0 Å². The molecule has 0 bridgehead atoms. The highest BCUT2D eigenvalue weighted by Gasteiger charge is 2.05. The first-order valence-corrected chi connectivity index (χ1v) is 4.70. The first-order valence-electron chi connectivity index (χ1n) is 4.13. The summed E-state index contributed by atoms with van der Waals surface area (Å²) in [5.74, 6) is 0.0493. The normalized spacial score (nSPS) is 9.85. The largest absolute Gasteiger partial charge is 0.316 e. The van der Waals surface area contributed by atoms with Crippen molar-refractivity contribution in [2.45, 2.75) is 13.8 Å². The number of aryl methyl sites for hydroxylation is 1. The number of hydrogen-bond donors (Lipinski definition) is 0. The Bertz CT molecular complexity index is 336. The van der Waals surface area contributed by atoms with E-state index in [1.807, 2.05) is 25.1 Å². The van der Waals surface area contributed by atoms with Crippen molar-refractivity contribution in [3.05, 3.63) is 23.8 Å². The topological polar surface area (TPSA) is 20.3 Å². The summed E-state index contributed by atoms with van der Waals surface area (Å²) in [6, 6.07) is 5.95. The average Bonchev–Trinajstić information content (AvgIpc) is 2.08. The molecular weight excluding hydrogens is 181 g/mol. The summed E-state index contributed by atoms with van der Waals surface area (Å²) in [6.07, 6.45) is 0. The molecule has 2 nitrogen and oxygen atoms in total. The van der Waals surface area contributed by atoms with Crippen LogP contribution in [0.3, 0.4) is 0 Å². The zero-order valence-electron chi connectivity index (χ0n) is 8.16. The molecule has 0 aliphatic heterocycles. The molecule has 0 heterocycles. The SMILES string of the molecule is CC(=O)N(C)c1ccc(C)c(P)c1. The predicted octanol–water partition coefficient (Wildman–Crippen LogP) is 1.48. The third kappa shape index (κ3) is 2.28. The lowest BCUT2D eigenvalue weighted by Gasteiger charge is -2.15. The maximum atomic E-state index is 11.1. The van der Waals surface area contributed by atoms with E-state index in [4.69, 9.17) is 0 Å². The Kier molecular flexibility index (Phi) is 3.05. The van der Waals surface area contributed by atoms with Gasteiger partial charge < -0.3 is 4.90 Å². The minimum Gasteiger partial charge on any atom is -0.316 e. The van der Waals surface area contributed by atoms with Gasteiger partial charge in [0.15, 0.2) is 0 Å². The predicted molar refractivity (Wildman–Crippen MR) is 59.6 cm³/mol. The summed E-state index contributed by atoms with van der Waals surface area (Å²) in [7, 11) is 4.44. The molecule has 1 unspecified atom stereocenters. The van der Waals surface area contributed by atoms with Crippen molar-refractivity contribution in [2.75, 3.05) is 11.9 Å². The second kappa shape index (κ2) is 3.89. The second-order valence-corrected chi connectivity index (χ2v) is 3.74. The summed E-state index contributed by atoms with van der Waals surface area (Å²) in [6.45, 7) is 3.60. The Hall–Kier alpha value is -0.880. The van der Waals surface area contributed by atoms with Crippen LogP contribution in [-0.4, -0.2) is 13.0 Å². The lowest BCUT2D eigenvalue weighted by atomic mass is 10.2. The van der Waals surface area contributed by atoms with Gasteiger partial charge in [0.05, 0.1) is 0 Å². The zero-order valence-corrected chi connectivity index (χ0v) is 9.32. The monoisotopic (exact) mass is 195 g/mol. The van der Waals surface area contributed by atoms with E-state index in [0.29, 0.717) is 0 Å². The van der Waals surface area contributed by atoms with E-state index >= 15 is 0 Å². The van der Waals surface area contributed by atoms with Crippen LogP contribution in [0.15, 0.2) is 18.2 Å². The van der Waals surface area contributed by atoms with Crippen LogP contribution in [-0.2, 0) is 4.79 Å². The molecule has 0 spiro atoms. The highest BCUT2D eigenvalue weighted by Crippen LogP contribution is 2.13. The van der Waals surface area contributed by atoms with Crippen molar-refractivity contribution in [2.24, 2.45) is 0 Å². The van der Waals surface area contributed by atoms with Crippen molar-refractivity contribution < 1.29 is 4.79 Å². The number of hydrogen-bond acceptors (Lipinski definition) is 1. The van der Waals surface area contributed by atoms with Gasteiger partial charge in [-0.05, 0) is 29.9 Å². The third-order valence-electron chi connectivity index (χ3n) is 2.12. The lowest BCUT2D eigenvalue weighted by Crippen LogP contribution is -2.23. The summed E-state index contributed by atoms with van der Waals surface area (Å²) in [5.41, 5.74) is 2.15. The fourth-order valence-corrected chi connectivity index (χ4v) is 1.29. The van der Waals surface area contributed by atoms with Gasteiger partial charge in [-0.25, -0.2) is 0 Å². The highest BCUT2D eigenvalue weighted by atomic mass is 31.0. The van der Waals surface area contributed by atoms with Crippen LogP contribution in [0.1, 0.15) is 12.5 Å². The van der Waals surface area contributed by atoms with Crippen LogP contribution >= 0.6 is 9.24 Å². The second-order valence-electron chi connectivity index (χ2n) is 3.12. The van der Waals surface area contributed by atoms with Gasteiger partial charge in [-0.2, -0.15) is 0 Å². The van der Waals surface area contributed by atoms with Gasteiger partial charge in [0.2, 0.25) is 5.91 Å². The van der Waals surface area contributed by atoms with Crippen LogP contribution < -0.4 is 10.2 Å². The molecule has 0 saturated heterocycles. The highest BCUT2D eigenvalue weighted by molar-refractivity contribution is 7.27. The molecule has 0 aromatic heterocycles. The maximum Gasteiger partial charge on any atom is 0.223 e. The summed E-state index contributed by atoms with van der Waals surface area (Å²) < 4.78 is 0. The van der Waals surface area contributed by atoms with Crippen molar-refractivity contribution >= 4 is 26.1 Å². The van der Waals surface area contributed by atoms with E-state index in [2.05, 4.69) is 9.24 Å². The van der Waals surface area contributed by atoms with E-state index < -0.39 is 0 Å². The molecule has 1 amide bonds. The van der Waals surface area contributed by atoms with Gasteiger partial charge in [-0.3, -0.25) is 4.79 Å². The quantitative estimate of drug-likeness (QED) is 0.621. The fourth-order valence-electron chi connectivity index (χ4n) is 1.02. The van der Waals surface area contributed by atoms with E-state index in [-0.39, 0.29) is 5.91 Å². The smallest absolute Gasteiger partial charge is 0.223 e. The van der Waals surface area contributed by atoms with Crippen LogP contribution in [0.5, 0.6) is 0 Å². The Morgan fingerprint density at radius 2 is 2.08 bits per heavy atom. The van der Waals surface area contributed by atoms with Crippen LogP contribution in [0.4, 0.5) is 5.69 Å². The minimum absolute atomic E-state index is 0.0493. The third-order valence-corrected chi connectivity index (χ3v) is 2.74. The van der Waals surface area contributed by atoms with Crippen molar-refractivity contribution in [3.8, 4) is 0 Å². The summed E-state index contributed by atoms with van der Waals surface area (Å²) in [4.78, 5) is 12.7. The van der Waals surface area contributed by atoms with Gasteiger partial charge in [-0.1, -0.05) is 6.07 Å². The van der Waals surface area contributed by atoms with Crippen LogP contribution in [0.25, 0.3) is 0 Å². The van der Waals surface area contributed by atoms with Gasteiger partial charge in [-0.15, -0.1) is 9.24 Å². The molecule has 3 heteroatoms. The Morgan fingerprint density at radius 3 is 2.54 bits per heavy atom. The van der Waals surface area contributed by atoms with Crippen LogP contribution in [0, 0.1) is 6.92 Å². The molecule has 1 rings (SSSR count). The molecule has 13 heavy (non-hydrogen) atoms. The van der Waals surface area contributed by atoms with Crippen LogP contribution in [0.2, 0.25) is 0 Å². The Morgan fingerprint density at radius 1 is 1.46 bits per heavy atom. The standard InChI is InChI=1S/C10H14NOP/c1-7-4-5-9(6-10(7)13)11(3)8(2)12/h4-6H,13H2,1-3H3.